The van der Waals surface area contributed by atoms with Crippen LogP contribution in [0.15, 0.2) is 109 Å². The average molecular weight is 898 g/mol. The van der Waals surface area contributed by atoms with E-state index in [9.17, 15) is 19.4 Å². The van der Waals surface area contributed by atoms with Gasteiger partial charge in [-0.3, -0.25) is 13.8 Å². The molecule has 360 valence electrons. The highest BCUT2D eigenvalue weighted by Crippen LogP contribution is 2.43. The number of likely N-dealkylation sites (N-methyl/N-ethyl adjacent to an activating group) is 1. The van der Waals surface area contributed by atoms with Crippen molar-refractivity contribution < 1.29 is 32.9 Å². The Bertz CT molecular complexity index is 1390. The number of carbonyl (C=O) groups excluding carboxylic acids is 1. The number of aliphatic hydroxyl groups excluding tert-OH is 1. The maximum atomic E-state index is 12.9. The van der Waals surface area contributed by atoms with Crippen LogP contribution >= 0.6 is 7.82 Å². The number of phosphoric acid groups is 1. The van der Waals surface area contributed by atoms with Gasteiger partial charge in [0.05, 0.1) is 39.9 Å². The third-order valence-electron chi connectivity index (χ3n) is 10.2. The molecule has 0 rings (SSSR count). The lowest BCUT2D eigenvalue weighted by Gasteiger charge is -2.25. The number of hydrogen-bond donors (Lipinski definition) is 3. The Hall–Kier alpha value is -2.84. The monoisotopic (exact) mass is 898 g/mol. The van der Waals surface area contributed by atoms with Gasteiger partial charge in [-0.15, -0.1) is 0 Å². The highest BCUT2D eigenvalue weighted by atomic mass is 31.2. The molecule has 9 heteroatoms. The number of hydrogen-bond acceptors (Lipinski definition) is 5. The number of phosphoric ester groups is 1. The summed E-state index contributed by atoms with van der Waals surface area (Å²) < 4.78 is 23.5. The molecule has 0 aliphatic carbocycles. The molecule has 0 aromatic carbocycles. The van der Waals surface area contributed by atoms with Crippen LogP contribution < -0.4 is 5.32 Å². The molecule has 0 saturated heterocycles. The van der Waals surface area contributed by atoms with Crippen LogP contribution in [0.2, 0.25) is 0 Å². The van der Waals surface area contributed by atoms with Gasteiger partial charge < -0.3 is 19.8 Å². The summed E-state index contributed by atoms with van der Waals surface area (Å²) in [5.41, 5.74) is 0. The molecule has 0 heterocycles. The Morgan fingerprint density at radius 3 is 1.46 bits per heavy atom. The number of aliphatic hydroxyl groups is 1. The SMILES string of the molecule is CC/C=C\C/C=C\C/C=C\C/C=C\C/C=C\C/C=C\C/C=C\CCCCCCCCCCCC(=O)NC(COP(=O)(O)OCC[N+](C)(C)C)C(O)/C=C/CC/C=C/CCCCCC. The van der Waals surface area contributed by atoms with Crippen LogP contribution in [-0.2, 0) is 18.4 Å². The van der Waals surface area contributed by atoms with Gasteiger partial charge in [-0.1, -0.05) is 187 Å². The molecule has 63 heavy (non-hydrogen) atoms. The van der Waals surface area contributed by atoms with Crippen LogP contribution in [0.5, 0.6) is 0 Å². The van der Waals surface area contributed by atoms with Gasteiger partial charge in [-0.05, 0) is 89.9 Å². The lowest BCUT2D eigenvalue weighted by molar-refractivity contribution is -0.870. The molecule has 3 atom stereocenters. The van der Waals surface area contributed by atoms with Crippen molar-refractivity contribution in [2.75, 3.05) is 40.9 Å². The molecule has 0 aliphatic heterocycles. The van der Waals surface area contributed by atoms with E-state index in [-0.39, 0.29) is 19.1 Å². The van der Waals surface area contributed by atoms with E-state index >= 15 is 0 Å². The summed E-state index contributed by atoms with van der Waals surface area (Å²) in [6, 6.07) is -0.872. The number of allylic oxidation sites excluding steroid dienone is 17. The molecule has 1 amide bonds. The van der Waals surface area contributed by atoms with Crippen molar-refractivity contribution >= 4 is 13.7 Å². The molecule has 3 N–H and O–H groups in total. The third-order valence-corrected chi connectivity index (χ3v) is 11.2. The second-order valence-electron chi connectivity index (χ2n) is 17.4. The lowest BCUT2D eigenvalue weighted by atomic mass is 10.1. The van der Waals surface area contributed by atoms with E-state index in [1.165, 1.54) is 64.2 Å². The summed E-state index contributed by atoms with van der Waals surface area (Å²) in [7, 11) is 1.53. The largest absolute Gasteiger partial charge is 0.472 e. The number of amides is 1. The summed E-state index contributed by atoms with van der Waals surface area (Å²) in [4.78, 5) is 23.1. The minimum atomic E-state index is -4.35. The van der Waals surface area contributed by atoms with E-state index in [0.29, 0.717) is 17.4 Å². The highest BCUT2D eigenvalue weighted by Gasteiger charge is 2.27. The zero-order valence-electron chi connectivity index (χ0n) is 40.8. The van der Waals surface area contributed by atoms with Gasteiger partial charge in [0.25, 0.3) is 0 Å². The first-order valence-corrected chi connectivity index (χ1v) is 26.3. The third kappa shape index (κ3) is 47.0. The standard InChI is InChI=1S/C54H93N2O6P/c1-6-8-10-12-14-16-18-19-20-21-22-23-24-25-26-27-28-29-30-31-32-33-34-35-36-37-38-40-42-44-46-48-54(58)55-52(51-62-63(59,60)61-50-49-56(3,4)5)53(57)47-45-43-41-39-17-15-13-11-9-7-2/h8,10,14,16-17,19-20,22-23,25-26,28-29,31-32,39,45,47,52-53,57H,6-7,9,11-13,15,18,21,24,27,30,33-38,40-44,46,48-51H2,1-5H3,(H-,55,58,59,60)/p+1/b10-8-,16-14-,20-19-,23-22-,26-25-,29-28-,32-31-,39-17+,47-45+. The van der Waals surface area contributed by atoms with Crippen molar-refractivity contribution in [2.24, 2.45) is 0 Å². The van der Waals surface area contributed by atoms with E-state index in [4.69, 9.17) is 9.05 Å². The zero-order valence-corrected chi connectivity index (χ0v) is 41.7. The topological polar surface area (TPSA) is 105 Å². The molecule has 0 saturated carbocycles. The van der Waals surface area contributed by atoms with Crippen LogP contribution in [0, 0.1) is 0 Å². The Morgan fingerprint density at radius 2 is 0.968 bits per heavy atom. The van der Waals surface area contributed by atoms with Gasteiger partial charge in [0.1, 0.15) is 13.2 Å². The quantitative estimate of drug-likeness (QED) is 0.0244. The second-order valence-corrected chi connectivity index (χ2v) is 18.9. The van der Waals surface area contributed by atoms with E-state index in [1.54, 1.807) is 6.08 Å². The smallest absolute Gasteiger partial charge is 0.387 e. The minimum Gasteiger partial charge on any atom is -0.387 e. The first-order chi connectivity index (χ1) is 30.5. The van der Waals surface area contributed by atoms with Crippen LogP contribution in [0.3, 0.4) is 0 Å². The van der Waals surface area contributed by atoms with Gasteiger partial charge in [-0.25, -0.2) is 4.57 Å². The number of quaternary nitrogens is 1. The molecule has 0 aromatic rings. The van der Waals surface area contributed by atoms with E-state index in [0.717, 1.165) is 89.9 Å². The predicted molar refractivity (Wildman–Crippen MR) is 272 cm³/mol. The average Bonchev–Trinajstić information content (AvgIpc) is 3.24. The van der Waals surface area contributed by atoms with E-state index < -0.39 is 20.0 Å². The van der Waals surface area contributed by atoms with E-state index in [2.05, 4.69) is 116 Å². The molecule has 0 radical (unpaired) electrons. The van der Waals surface area contributed by atoms with Crippen molar-refractivity contribution in [1.82, 2.24) is 5.32 Å². The summed E-state index contributed by atoms with van der Waals surface area (Å²) in [6.45, 7) is 4.61. The molecular formula is C54H94N2O6P+. The summed E-state index contributed by atoms with van der Waals surface area (Å²) in [5, 5.41) is 13.8. The molecule has 0 aromatic heterocycles. The van der Waals surface area contributed by atoms with E-state index in [1.807, 2.05) is 27.2 Å². The number of nitrogens with zero attached hydrogens (tertiary/aromatic N) is 1. The zero-order chi connectivity index (χ0) is 46.4. The molecule has 8 nitrogen and oxygen atoms in total. The Kier molecular flexibility index (Phi) is 42.4. The number of nitrogens with one attached hydrogen (secondary N) is 1. The van der Waals surface area contributed by atoms with Gasteiger partial charge >= 0.3 is 7.82 Å². The fourth-order valence-corrected chi connectivity index (χ4v) is 7.06. The van der Waals surface area contributed by atoms with Crippen LogP contribution in [0.25, 0.3) is 0 Å². The number of rotatable bonds is 43. The van der Waals surface area contributed by atoms with Crippen molar-refractivity contribution in [3.63, 3.8) is 0 Å². The molecule has 0 spiro atoms. The minimum absolute atomic E-state index is 0.0489. The number of carbonyl (C=O) groups is 1. The number of unbranched alkanes of at least 4 members (excludes halogenated alkanes) is 14. The molecule has 3 unspecified atom stereocenters. The van der Waals surface area contributed by atoms with Gasteiger partial charge in [0, 0.05) is 6.42 Å². The Labute approximate surface area is 387 Å². The van der Waals surface area contributed by atoms with Gasteiger partial charge in [0.15, 0.2) is 0 Å². The van der Waals surface area contributed by atoms with Gasteiger partial charge in [-0.2, -0.15) is 0 Å². The Morgan fingerprint density at radius 1 is 0.556 bits per heavy atom. The van der Waals surface area contributed by atoms with Crippen LogP contribution in [-0.4, -0.2) is 73.4 Å². The molecule has 0 fully saturated rings. The molecule has 0 bridgehead atoms. The maximum Gasteiger partial charge on any atom is 0.472 e. The van der Waals surface area contributed by atoms with Crippen molar-refractivity contribution in [2.45, 2.75) is 187 Å². The van der Waals surface area contributed by atoms with Crippen LogP contribution in [0.4, 0.5) is 0 Å². The Balaban J connectivity index is 4.19. The lowest BCUT2D eigenvalue weighted by Crippen LogP contribution is -2.45. The fourth-order valence-electron chi connectivity index (χ4n) is 6.33. The fraction of sp³-hybridized carbons (Fsp3) is 0.648. The second kappa shape index (κ2) is 44.4. The van der Waals surface area contributed by atoms with Crippen LogP contribution in [0.1, 0.15) is 174 Å². The van der Waals surface area contributed by atoms with Gasteiger partial charge in [0.2, 0.25) is 5.91 Å². The van der Waals surface area contributed by atoms with Crippen molar-refractivity contribution in [1.29, 1.82) is 0 Å². The predicted octanol–water partition coefficient (Wildman–Crippen LogP) is 14.5. The van der Waals surface area contributed by atoms with Crippen molar-refractivity contribution in [3.05, 3.63) is 109 Å². The maximum absolute atomic E-state index is 12.9. The summed E-state index contributed by atoms with van der Waals surface area (Å²) >= 11 is 0. The molecule has 0 aliphatic rings. The summed E-state index contributed by atoms with van der Waals surface area (Å²) in [6.07, 6.45) is 64.7. The van der Waals surface area contributed by atoms with Crippen molar-refractivity contribution in [3.8, 4) is 0 Å². The first-order valence-electron chi connectivity index (χ1n) is 24.8. The molecular weight excluding hydrogens is 804 g/mol. The first kappa shape index (κ1) is 60.2. The summed E-state index contributed by atoms with van der Waals surface area (Å²) in [5.74, 6) is -0.202. The normalized spacial score (nSPS) is 15.1. The highest BCUT2D eigenvalue weighted by molar-refractivity contribution is 7.47.